The summed E-state index contributed by atoms with van der Waals surface area (Å²) >= 11 is 2.01. The highest BCUT2D eigenvalue weighted by molar-refractivity contribution is 7.98. The average molecular weight is 379 g/mol. The molecule has 4 rings (SSSR count). The number of rotatable bonds is 7. The van der Waals surface area contributed by atoms with Crippen molar-refractivity contribution < 1.29 is 4.74 Å². The zero-order chi connectivity index (χ0) is 18.5. The maximum Gasteiger partial charge on any atom is 0.119 e. The van der Waals surface area contributed by atoms with Gasteiger partial charge in [0.05, 0.1) is 7.11 Å². The molecule has 4 heteroatoms. The van der Waals surface area contributed by atoms with Gasteiger partial charge in [0.25, 0.3) is 0 Å². The van der Waals surface area contributed by atoms with Crippen molar-refractivity contribution in [3.63, 3.8) is 0 Å². The smallest absolute Gasteiger partial charge is 0.119 e. The minimum absolute atomic E-state index is 0.919. The number of ether oxygens (including phenoxy) is 1. The molecule has 0 bridgehead atoms. The lowest BCUT2D eigenvalue weighted by Gasteiger charge is -2.26. The van der Waals surface area contributed by atoms with Gasteiger partial charge in [0.1, 0.15) is 5.75 Å². The van der Waals surface area contributed by atoms with E-state index in [1.165, 1.54) is 27.6 Å². The van der Waals surface area contributed by atoms with Crippen molar-refractivity contribution in [3.8, 4) is 5.75 Å². The van der Waals surface area contributed by atoms with Gasteiger partial charge in [-0.05, 0) is 41.3 Å². The minimum atomic E-state index is 0.919. The Morgan fingerprint density at radius 1 is 1.15 bits per heavy atom. The fraction of sp³-hybridized carbons (Fsp3) is 0.304. The average Bonchev–Trinajstić information content (AvgIpc) is 3.14. The normalized spacial score (nSPS) is 15.1. The molecule has 2 aromatic carbocycles. The number of fused-ring (bicyclic) bond motifs is 1. The highest BCUT2D eigenvalue weighted by Gasteiger charge is 2.12. The lowest BCUT2D eigenvalue weighted by molar-refractivity contribution is 0.321. The summed E-state index contributed by atoms with van der Waals surface area (Å²) in [4.78, 5) is 5.92. The molecule has 0 unspecified atom stereocenters. The van der Waals surface area contributed by atoms with Crippen molar-refractivity contribution in [2.24, 2.45) is 0 Å². The first-order chi connectivity index (χ1) is 13.3. The third kappa shape index (κ3) is 4.40. The Morgan fingerprint density at radius 3 is 2.81 bits per heavy atom. The predicted molar refractivity (Wildman–Crippen MR) is 116 cm³/mol. The summed E-state index contributed by atoms with van der Waals surface area (Å²) in [7, 11) is 1.72. The number of nitrogens with zero attached hydrogens (tertiary/aromatic N) is 1. The highest BCUT2D eigenvalue weighted by Crippen LogP contribution is 2.27. The van der Waals surface area contributed by atoms with Crippen LogP contribution in [0.25, 0.3) is 16.5 Å². The van der Waals surface area contributed by atoms with Crippen LogP contribution in [0.1, 0.15) is 17.5 Å². The molecule has 27 heavy (non-hydrogen) atoms. The molecular weight excluding hydrogens is 352 g/mol. The molecule has 0 radical (unpaired) electrons. The zero-order valence-electron chi connectivity index (χ0n) is 15.8. The van der Waals surface area contributed by atoms with E-state index < -0.39 is 0 Å². The second-order valence-corrected chi connectivity index (χ2v) is 8.03. The summed E-state index contributed by atoms with van der Waals surface area (Å²) in [5.74, 6) is 3.11. The number of nitrogens with one attached hydrogen (secondary N) is 1. The van der Waals surface area contributed by atoms with E-state index in [1.54, 1.807) is 7.11 Å². The predicted octanol–water partition coefficient (Wildman–Crippen LogP) is 5.20. The number of benzene rings is 2. The van der Waals surface area contributed by atoms with Crippen molar-refractivity contribution in [1.29, 1.82) is 0 Å². The van der Waals surface area contributed by atoms with E-state index >= 15 is 0 Å². The lowest BCUT2D eigenvalue weighted by Crippen LogP contribution is -2.30. The molecule has 0 aliphatic carbocycles. The van der Waals surface area contributed by atoms with E-state index in [9.17, 15) is 0 Å². The van der Waals surface area contributed by atoms with Crippen LogP contribution in [0.15, 0.2) is 60.8 Å². The summed E-state index contributed by atoms with van der Waals surface area (Å²) < 4.78 is 5.36. The van der Waals surface area contributed by atoms with Crippen LogP contribution in [0, 0.1) is 0 Å². The Hall–Kier alpha value is -2.17. The number of H-pyrrole nitrogens is 1. The summed E-state index contributed by atoms with van der Waals surface area (Å²) in [6, 6.07) is 17.0. The molecule has 0 atom stereocenters. The maximum atomic E-state index is 5.36. The number of thioether (sulfide) groups is 1. The number of methoxy groups -OCH3 is 1. The number of hydrogen-bond acceptors (Lipinski definition) is 3. The molecule has 0 saturated heterocycles. The SMILES string of the molecule is COc1ccc2[nH]cc(CSCCN3CC=C(c4ccccc4)CC3)c2c1. The van der Waals surface area contributed by atoms with Crippen molar-refractivity contribution in [1.82, 2.24) is 9.88 Å². The summed E-state index contributed by atoms with van der Waals surface area (Å²) in [6.07, 6.45) is 5.68. The van der Waals surface area contributed by atoms with Crippen LogP contribution in [-0.2, 0) is 5.75 Å². The Balaban J connectivity index is 1.26. The molecule has 1 aliphatic rings. The van der Waals surface area contributed by atoms with Crippen LogP contribution in [-0.4, -0.2) is 42.4 Å². The Kier molecular flexibility index (Phi) is 5.85. The van der Waals surface area contributed by atoms with Crippen LogP contribution in [0.4, 0.5) is 0 Å². The summed E-state index contributed by atoms with van der Waals surface area (Å²) in [6.45, 7) is 3.37. The van der Waals surface area contributed by atoms with Gasteiger partial charge in [-0.1, -0.05) is 36.4 Å². The molecule has 0 fully saturated rings. The molecule has 1 aliphatic heterocycles. The summed E-state index contributed by atoms with van der Waals surface area (Å²) in [5, 5.41) is 1.27. The first-order valence-electron chi connectivity index (χ1n) is 9.52. The number of hydrogen-bond donors (Lipinski definition) is 1. The quantitative estimate of drug-likeness (QED) is 0.573. The van der Waals surface area contributed by atoms with Crippen LogP contribution in [0.3, 0.4) is 0 Å². The Bertz CT molecular complexity index is 917. The van der Waals surface area contributed by atoms with E-state index in [2.05, 4.69) is 64.6 Å². The largest absolute Gasteiger partial charge is 0.497 e. The van der Waals surface area contributed by atoms with Crippen molar-refractivity contribution in [2.75, 3.05) is 32.5 Å². The van der Waals surface area contributed by atoms with Gasteiger partial charge in [0.15, 0.2) is 0 Å². The van der Waals surface area contributed by atoms with E-state index in [-0.39, 0.29) is 0 Å². The molecule has 3 nitrogen and oxygen atoms in total. The van der Waals surface area contributed by atoms with Gasteiger partial charge < -0.3 is 9.72 Å². The molecule has 0 spiro atoms. The van der Waals surface area contributed by atoms with Gasteiger partial charge in [-0.15, -0.1) is 0 Å². The monoisotopic (exact) mass is 378 g/mol. The van der Waals surface area contributed by atoms with Gasteiger partial charge in [0.2, 0.25) is 0 Å². The third-order valence-electron chi connectivity index (χ3n) is 5.22. The fourth-order valence-corrected chi connectivity index (χ4v) is 4.60. The van der Waals surface area contributed by atoms with Crippen LogP contribution >= 0.6 is 11.8 Å². The second-order valence-electron chi connectivity index (χ2n) is 6.92. The van der Waals surface area contributed by atoms with Crippen LogP contribution in [0.5, 0.6) is 5.75 Å². The minimum Gasteiger partial charge on any atom is -0.497 e. The molecule has 3 aromatic rings. The Morgan fingerprint density at radius 2 is 2.04 bits per heavy atom. The summed E-state index contributed by atoms with van der Waals surface area (Å²) in [5.41, 5.74) is 5.41. The molecule has 0 saturated carbocycles. The van der Waals surface area contributed by atoms with Gasteiger partial charge >= 0.3 is 0 Å². The molecule has 0 amide bonds. The van der Waals surface area contributed by atoms with E-state index in [0.717, 1.165) is 43.3 Å². The molecule has 1 aromatic heterocycles. The molecule has 1 N–H and O–H groups in total. The van der Waals surface area contributed by atoms with Gasteiger partial charge in [0, 0.05) is 48.2 Å². The van der Waals surface area contributed by atoms with Gasteiger partial charge in [-0.3, -0.25) is 4.90 Å². The second kappa shape index (κ2) is 8.68. The first kappa shape index (κ1) is 18.2. The Labute approximate surface area is 165 Å². The van der Waals surface area contributed by atoms with Crippen LogP contribution < -0.4 is 4.74 Å². The van der Waals surface area contributed by atoms with E-state index in [0.29, 0.717) is 0 Å². The van der Waals surface area contributed by atoms with Crippen molar-refractivity contribution in [3.05, 3.63) is 71.9 Å². The maximum absolute atomic E-state index is 5.36. The standard InChI is InChI=1S/C23H26N2OS/c1-26-21-7-8-23-22(15-21)20(16-24-23)17-27-14-13-25-11-9-19(10-12-25)18-5-3-2-4-6-18/h2-9,15-16,24H,10-14,17H2,1H3. The first-order valence-corrected chi connectivity index (χ1v) is 10.7. The van der Waals surface area contributed by atoms with Crippen molar-refractivity contribution >= 4 is 28.2 Å². The van der Waals surface area contributed by atoms with E-state index in [1.807, 2.05) is 17.8 Å². The fourth-order valence-electron chi connectivity index (χ4n) is 3.61. The van der Waals surface area contributed by atoms with Crippen LogP contribution in [0.2, 0.25) is 0 Å². The van der Waals surface area contributed by atoms with Gasteiger partial charge in [-0.2, -0.15) is 11.8 Å². The van der Waals surface area contributed by atoms with Gasteiger partial charge in [-0.25, -0.2) is 0 Å². The zero-order valence-corrected chi connectivity index (χ0v) is 16.6. The topological polar surface area (TPSA) is 28.3 Å². The molecular formula is C23H26N2OS. The lowest BCUT2D eigenvalue weighted by atomic mass is 10.00. The number of aromatic amines is 1. The van der Waals surface area contributed by atoms with Crippen molar-refractivity contribution in [2.45, 2.75) is 12.2 Å². The van der Waals surface area contributed by atoms with E-state index in [4.69, 9.17) is 4.74 Å². The number of aromatic nitrogens is 1. The molecule has 140 valence electrons. The highest BCUT2D eigenvalue weighted by atomic mass is 32.2. The molecule has 2 heterocycles. The third-order valence-corrected chi connectivity index (χ3v) is 6.21.